The molecule has 1 saturated heterocycles. The Labute approximate surface area is 136 Å². The van der Waals surface area contributed by atoms with Crippen molar-refractivity contribution in [1.82, 2.24) is 24.6 Å². The Balaban J connectivity index is 1.58. The Hall–Kier alpha value is -2.11. The van der Waals surface area contributed by atoms with Crippen LogP contribution in [0.25, 0.3) is 0 Å². The number of aromatic amines is 1. The molecule has 1 N–H and O–H groups in total. The zero-order valence-corrected chi connectivity index (χ0v) is 14.0. The smallest absolute Gasteiger partial charge is 0.224 e. The van der Waals surface area contributed by atoms with E-state index in [1.165, 1.54) is 11.3 Å². The maximum absolute atomic E-state index is 12.6. The van der Waals surface area contributed by atoms with E-state index in [1.54, 1.807) is 6.20 Å². The van der Waals surface area contributed by atoms with E-state index in [2.05, 4.69) is 33.6 Å². The van der Waals surface area contributed by atoms with Crippen molar-refractivity contribution in [2.45, 2.75) is 52.0 Å². The van der Waals surface area contributed by atoms with Crippen molar-refractivity contribution in [3.05, 3.63) is 35.7 Å². The number of rotatable bonds is 5. The summed E-state index contributed by atoms with van der Waals surface area (Å²) in [6, 6.07) is 0. The van der Waals surface area contributed by atoms with Crippen molar-refractivity contribution in [2.24, 2.45) is 0 Å². The molecule has 124 valence electrons. The lowest BCUT2D eigenvalue weighted by atomic mass is 9.93. The molecule has 0 radical (unpaired) electrons. The van der Waals surface area contributed by atoms with Crippen molar-refractivity contribution in [1.29, 1.82) is 0 Å². The largest absolute Gasteiger partial charge is 0.342 e. The number of H-pyrrole nitrogens is 1. The van der Waals surface area contributed by atoms with E-state index < -0.39 is 0 Å². The molecule has 2 aromatic rings. The molecule has 1 aliphatic rings. The van der Waals surface area contributed by atoms with Gasteiger partial charge in [-0.1, -0.05) is 6.92 Å². The summed E-state index contributed by atoms with van der Waals surface area (Å²) in [5.41, 5.74) is 2.38. The minimum atomic E-state index is 0.239. The fourth-order valence-electron chi connectivity index (χ4n) is 3.44. The van der Waals surface area contributed by atoms with Crippen molar-refractivity contribution in [3.63, 3.8) is 0 Å². The summed E-state index contributed by atoms with van der Waals surface area (Å²) in [6.07, 6.45) is 9.24. The van der Waals surface area contributed by atoms with Gasteiger partial charge in [-0.25, -0.2) is 4.98 Å². The minimum Gasteiger partial charge on any atom is -0.342 e. The first kappa shape index (κ1) is 15.8. The number of likely N-dealkylation sites (tertiary alicyclic amines) is 1. The van der Waals surface area contributed by atoms with Crippen LogP contribution < -0.4 is 0 Å². The molecular weight excluding hydrogens is 290 g/mol. The molecule has 6 nitrogen and oxygen atoms in total. The Morgan fingerprint density at radius 3 is 3.09 bits per heavy atom. The Morgan fingerprint density at radius 2 is 2.35 bits per heavy atom. The highest BCUT2D eigenvalue weighted by Gasteiger charge is 2.26. The topological polar surface area (TPSA) is 66.8 Å². The van der Waals surface area contributed by atoms with Crippen LogP contribution >= 0.6 is 0 Å². The van der Waals surface area contributed by atoms with Gasteiger partial charge in [0.05, 0.1) is 6.20 Å². The molecule has 0 unspecified atom stereocenters. The molecule has 1 fully saturated rings. The van der Waals surface area contributed by atoms with Crippen molar-refractivity contribution < 1.29 is 4.79 Å². The fraction of sp³-hybridized carbons (Fsp3) is 0.588. The van der Waals surface area contributed by atoms with E-state index in [4.69, 9.17) is 0 Å². The Kier molecular flexibility index (Phi) is 4.79. The number of imidazole rings is 1. The number of hydrogen-bond acceptors (Lipinski definition) is 3. The average Bonchev–Trinajstić information content (AvgIpc) is 3.21. The van der Waals surface area contributed by atoms with Crippen LogP contribution in [-0.2, 0) is 17.8 Å². The second-order valence-corrected chi connectivity index (χ2v) is 6.29. The molecule has 23 heavy (non-hydrogen) atoms. The zero-order chi connectivity index (χ0) is 16.2. The number of aryl methyl sites for hydroxylation is 3. The highest BCUT2D eigenvalue weighted by atomic mass is 16.2. The lowest BCUT2D eigenvalue weighted by Crippen LogP contribution is -2.39. The standard InChI is InChI=1S/C17H25N5O/c1-3-15-18-7-10-21(15)9-6-16(23)22-8-4-5-14(12-22)17-13(2)11-19-20-17/h7,10-11,14H,3-6,8-9,12H2,1-2H3,(H,19,20)/t14-/m0/s1. The molecule has 0 saturated carbocycles. The van der Waals surface area contributed by atoms with Crippen molar-refractivity contribution in [2.75, 3.05) is 13.1 Å². The molecule has 2 aromatic heterocycles. The summed E-state index contributed by atoms with van der Waals surface area (Å²) < 4.78 is 2.08. The van der Waals surface area contributed by atoms with Gasteiger partial charge in [-0.2, -0.15) is 5.10 Å². The third kappa shape index (κ3) is 3.46. The zero-order valence-electron chi connectivity index (χ0n) is 14.0. The number of nitrogens with one attached hydrogen (secondary N) is 1. The summed E-state index contributed by atoms with van der Waals surface area (Å²) in [4.78, 5) is 18.9. The summed E-state index contributed by atoms with van der Waals surface area (Å²) in [6.45, 7) is 6.54. The number of nitrogens with zero attached hydrogens (tertiary/aromatic N) is 4. The predicted octanol–water partition coefficient (Wildman–Crippen LogP) is 2.27. The molecule has 1 atom stereocenters. The van der Waals surface area contributed by atoms with Gasteiger partial charge < -0.3 is 9.47 Å². The number of carbonyl (C=O) groups excluding carboxylic acids is 1. The summed E-state index contributed by atoms with van der Waals surface area (Å²) in [5, 5.41) is 7.22. The van der Waals surface area contributed by atoms with Gasteiger partial charge in [0.1, 0.15) is 5.82 Å². The molecule has 0 aromatic carbocycles. The first-order chi connectivity index (χ1) is 11.2. The van der Waals surface area contributed by atoms with Crippen LogP contribution in [0.15, 0.2) is 18.6 Å². The molecule has 0 spiro atoms. The Morgan fingerprint density at radius 1 is 1.48 bits per heavy atom. The van der Waals surface area contributed by atoms with E-state index in [9.17, 15) is 4.79 Å². The predicted molar refractivity (Wildman–Crippen MR) is 88.1 cm³/mol. The van der Waals surface area contributed by atoms with Gasteiger partial charge in [0.15, 0.2) is 0 Å². The second-order valence-electron chi connectivity index (χ2n) is 6.29. The van der Waals surface area contributed by atoms with Gasteiger partial charge >= 0.3 is 0 Å². The van der Waals surface area contributed by atoms with Gasteiger partial charge in [-0.05, 0) is 25.3 Å². The first-order valence-electron chi connectivity index (χ1n) is 8.46. The first-order valence-corrected chi connectivity index (χ1v) is 8.46. The maximum Gasteiger partial charge on any atom is 0.224 e. The van der Waals surface area contributed by atoms with Gasteiger partial charge in [0, 0.05) is 56.5 Å². The van der Waals surface area contributed by atoms with Gasteiger partial charge in [-0.15, -0.1) is 0 Å². The lowest BCUT2D eigenvalue weighted by molar-refractivity contribution is -0.132. The number of carbonyl (C=O) groups is 1. The molecule has 0 aliphatic carbocycles. The maximum atomic E-state index is 12.6. The van der Waals surface area contributed by atoms with E-state index in [0.29, 0.717) is 18.9 Å². The molecule has 6 heteroatoms. The molecule has 3 heterocycles. The van der Waals surface area contributed by atoms with Crippen LogP contribution in [0.5, 0.6) is 0 Å². The molecular formula is C17H25N5O. The van der Waals surface area contributed by atoms with Crippen molar-refractivity contribution in [3.8, 4) is 0 Å². The van der Waals surface area contributed by atoms with Crippen LogP contribution in [0.4, 0.5) is 0 Å². The van der Waals surface area contributed by atoms with Gasteiger partial charge in [-0.3, -0.25) is 9.89 Å². The van der Waals surface area contributed by atoms with Crippen LogP contribution in [0.3, 0.4) is 0 Å². The highest BCUT2D eigenvalue weighted by molar-refractivity contribution is 5.76. The highest BCUT2D eigenvalue weighted by Crippen LogP contribution is 2.27. The third-order valence-corrected chi connectivity index (χ3v) is 4.73. The molecule has 1 amide bonds. The molecule has 1 aliphatic heterocycles. The van der Waals surface area contributed by atoms with E-state index in [0.717, 1.165) is 38.2 Å². The van der Waals surface area contributed by atoms with Crippen LogP contribution in [0.2, 0.25) is 0 Å². The van der Waals surface area contributed by atoms with Crippen molar-refractivity contribution >= 4 is 5.91 Å². The number of aromatic nitrogens is 4. The van der Waals surface area contributed by atoms with Gasteiger partial charge in [0.25, 0.3) is 0 Å². The fourth-order valence-corrected chi connectivity index (χ4v) is 3.44. The van der Waals surface area contributed by atoms with Crippen LogP contribution in [-0.4, -0.2) is 43.6 Å². The average molecular weight is 315 g/mol. The monoisotopic (exact) mass is 315 g/mol. The normalized spacial score (nSPS) is 18.3. The van der Waals surface area contributed by atoms with E-state index in [-0.39, 0.29) is 5.91 Å². The summed E-state index contributed by atoms with van der Waals surface area (Å²) in [5.74, 6) is 1.67. The SMILES string of the molecule is CCc1nccn1CCC(=O)N1CCC[C@H](c2[nH]ncc2C)C1. The summed E-state index contributed by atoms with van der Waals surface area (Å²) in [7, 11) is 0. The second kappa shape index (κ2) is 6.98. The molecule has 0 bridgehead atoms. The van der Waals surface area contributed by atoms with E-state index in [1.807, 2.05) is 17.3 Å². The minimum absolute atomic E-state index is 0.239. The molecule has 3 rings (SSSR count). The number of piperidine rings is 1. The number of amides is 1. The van der Waals surface area contributed by atoms with Crippen LogP contribution in [0, 0.1) is 6.92 Å². The van der Waals surface area contributed by atoms with Crippen LogP contribution in [0.1, 0.15) is 49.2 Å². The Bertz CT molecular complexity index is 659. The third-order valence-electron chi connectivity index (χ3n) is 4.73. The van der Waals surface area contributed by atoms with Gasteiger partial charge in [0.2, 0.25) is 5.91 Å². The lowest BCUT2D eigenvalue weighted by Gasteiger charge is -2.32. The quantitative estimate of drug-likeness (QED) is 0.920. The summed E-state index contributed by atoms with van der Waals surface area (Å²) >= 11 is 0. The number of hydrogen-bond donors (Lipinski definition) is 1. The van der Waals surface area contributed by atoms with E-state index >= 15 is 0 Å².